The lowest BCUT2D eigenvalue weighted by molar-refractivity contribution is -0.0312. The van der Waals surface area contributed by atoms with E-state index in [0.29, 0.717) is 36.8 Å². The maximum Gasteiger partial charge on any atom is 0.248 e. The Kier molecular flexibility index (Phi) is 8.03. The van der Waals surface area contributed by atoms with Crippen LogP contribution in [0.5, 0.6) is 5.75 Å². The number of pyridine rings is 1. The molecule has 0 aliphatic carbocycles. The second-order valence-electron chi connectivity index (χ2n) is 10.2. The van der Waals surface area contributed by atoms with Crippen molar-refractivity contribution in [3.8, 4) is 5.75 Å². The SMILES string of the molecule is NS(=O)(=O)c1cccc(OC[C@@H](O)CN[C@H]2COC3(CCN(S(=O)(=O)c4c[nH]c5ccccc5c4=O)CC3)C2)c1. The minimum atomic E-state index is -3.97. The number of para-hydroxylation sites is 1. The first-order chi connectivity index (χ1) is 19.0. The number of piperidine rings is 1. The Balaban J connectivity index is 1.12. The number of sulfonamides is 2. The van der Waals surface area contributed by atoms with Crippen molar-refractivity contribution in [3.05, 3.63) is 65.0 Å². The molecule has 12 nitrogen and oxygen atoms in total. The maximum atomic E-state index is 13.3. The molecule has 1 spiro atoms. The van der Waals surface area contributed by atoms with Gasteiger partial charge in [-0.3, -0.25) is 4.79 Å². The number of hydrogen-bond donors (Lipinski definition) is 4. The minimum absolute atomic E-state index is 0.0353. The maximum absolute atomic E-state index is 13.3. The summed E-state index contributed by atoms with van der Waals surface area (Å²) in [6.07, 6.45) is 2.04. The van der Waals surface area contributed by atoms with Gasteiger partial charge in [-0.05, 0) is 43.5 Å². The van der Waals surface area contributed by atoms with E-state index in [1.54, 1.807) is 30.3 Å². The Morgan fingerprint density at radius 2 is 1.90 bits per heavy atom. The van der Waals surface area contributed by atoms with E-state index in [1.807, 2.05) is 0 Å². The number of fused-ring (bicyclic) bond motifs is 1. The zero-order chi connectivity index (χ0) is 28.5. The fourth-order valence-corrected chi connectivity index (χ4v) is 7.27. The lowest BCUT2D eigenvalue weighted by atomic mass is 9.88. The first kappa shape index (κ1) is 28.7. The van der Waals surface area contributed by atoms with Crippen LogP contribution in [0.1, 0.15) is 19.3 Å². The molecule has 2 aliphatic heterocycles. The summed E-state index contributed by atoms with van der Waals surface area (Å²) >= 11 is 0. The van der Waals surface area contributed by atoms with Crippen molar-refractivity contribution >= 4 is 30.9 Å². The number of nitrogens with zero attached hydrogens (tertiary/aromatic N) is 1. The molecule has 216 valence electrons. The normalized spacial score (nSPS) is 20.6. The highest BCUT2D eigenvalue weighted by atomic mass is 32.2. The van der Waals surface area contributed by atoms with Crippen molar-refractivity contribution in [2.75, 3.05) is 32.8 Å². The monoisotopic (exact) mass is 592 g/mol. The summed E-state index contributed by atoms with van der Waals surface area (Å²) in [6, 6.07) is 12.5. The first-order valence-electron chi connectivity index (χ1n) is 12.9. The summed E-state index contributed by atoms with van der Waals surface area (Å²) in [4.78, 5) is 15.5. The number of benzene rings is 2. The molecule has 0 saturated carbocycles. The number of nitrogens with two attached hydrogens (primary N) is 1. The van der Waals surface area contributed by atoms with Crippen LogP contribution in [0.25, 0.3) is 10.9 Å². The molecule has 2 aliphatic rings. The molecule has 2 saturated heterocycles. The first-order valence-corrected chi connectivity index (χ1v) is 15.9. The fourth-order valence-electron chi connectivity index (χ4n) is 5.23. The lowest BCUT2D eigenvalue weighted by Gasteiger charge is -2.37. The Morgan fingerprint density at radius 3 is 2.65 bits per heavy atom. The molecule has 3 aromatic rings. The van der Waals surface area contributed by atoms with E-state index in [9.17, 15) is 26.7 Å². The second kappa shape index (κ2) is 11.2. The van der Waals surface area contributed by atoms with E-state index in [4.69, 9.17) is 14.6 Å². The standard InChI is InChI=1S/C26H32N4O8S2/c27-39(33,34)21-5-3-4-20(12-21)37-17-19(31)14-28-18-13-26(38-16-18)8-10-30(11-9-26)40(35,36)24-15-29-23-7-2-1-6-22(23)25(24)32/h1-7,12,15,18-19,28,31H,8-11,13-14,16-17H2,(H,29,32)(H2,27,33,34)/t18-,19+/m1/s1. The van der Waals surface area contributed by atoms with Crippen LogP contribution >= 0.6 is 0 Å². The molecule has 0 bridgehead atoms. The number of H-pyrrole nitrogens is 1. The number of primary sulfonamides is 1. The highest BCUT2D eigenvalue weighted by molar-refractivity contribution is 7.89. The third-order valence-electron chi connectivity index (χ3n) is 7.43. The van der Waals surface area contributed by atoms with E-state index in [2.05, 4.69) is 10.3 Å². The minimum Gasteiger partial charge on any atom is -0.491 e. The van der Waals surface area contributed by atoms with Gasteiger partial charge in [-0.2, -0.15) is 4.31 Å². The van der Waals surface area contributed by atoms with E-state index in [-0.39, 0.29) is 47.8 Å². The highest BCUT2D eigenvalue weighted by Crippen LogP contribution is 2.37. The molecule has 0 amide bonds. The van der Waals surface area contributed by atoms with Crippen molar-refractivity contribution in [3.63, 3.8) is 0 Å². The average Bonchev–Trinajstić information content (AvgIpc) is 3.33. The fraction of sp³-hybridized carbons (Fsp3) is 0.423. The van der Waals surface area contributed by atoms with Crippen LogP contribution in [-0.2, 0) is 24.8 Å². The number of aliphatic hydroxyl groups excluding tert-OH is 1. The van der Waals surface area contributed by atoms with Gasteiger partial charge in [0.1, 0.15) is 23.4 Å². The van der Waals surface area contributed by atoms with E-state index in [0.717, 1.165) is 0 Å². The van der Waals surface area contributed by atoms with Gasteiger partial charge in [0.15, 0.2) is 0 Å². The number of nitrogens with one attached hydrogen (secondary N) is 2. The smallest absolute Gasteiger partial charge is 0.248 e. The van der Waals surface area contributed by atoms with Crippen LogP contribution in [0.15, 0.2) is 69.3 Å². The van der Waals surface area contributed by atoms with Crippen LogP contribution in [0.2, 0.25) is 0 Å². The molecule has 2 fully saturated rings. The molecule has 2 aromatic carbocycles. The number of hydrogen-bond acceptors (Lipinski definition) is 9. The molecule has 1 aromatic heterocycles. The van der Waals surface area contributed by atoms with Crippen LogP contribution in [0, 0.1) is 0 Å². The van der Waals surface area contributed by atoms with Gasteiger partial charge in [0.2, 0.25) is 25.5 Å². The topological polar surface area (TPSA) is 181 Å². The van der Waals surface area contributed by atoms with Gasteiger partial charge in [-0.15, -0.1) is 0 Å². The van der Waals surface area contributed by atoms with E-state index < -0.39 is 37.2 Å². The van der Waals surface area contributed by atoms with Crippen molar-refractivity contribution in [1.82, 2.24) is 14.6 Å². The van der Waals surface area contributed by atoms with Gasteiger partial charge < -0.3 is 24.9 Å². The van der Waals surface area contributed by atoms with Crippen molar-refractivity contribution in [2.45, 2.75) is 46.8 Å². The molecule has 40 heavy (non-hydrogen) atoms. The zero-order valence-electron chi connectivity index (χ0n) is 21.7. The number of aliphatic hydroxyl groups is 1. The molecule has 0 unspecified atom stereocenters. The summed E-state index contributed by atoms with van der Waals surface area (Å²) in [5.41, 5.74) is -0.416. The largest absolute Gasteiger partial charge is 0.491 e. The molecular formula is C26H32N4O8S2. The van der Waals surface area contributed by atoms with Gasteiger partial charge in [0.05, 0.1) is 17.1 Å². The van der Waals surface area contributed by atoms with Crippen LogP contribution in [0.4, 0.5) is 0 Å². The summed E-state index contributed by atoms with van der Waals surface area (Å²) in [6.45, 7) is 1.05. The number of ether oxygens (including phenoxy) is 2. The van der Waals surface area contributed by atoms with Gasteiger partial charge in [0.25, 0.3) is 0 Å². The summed E-state index contributed by atoms with van der Waals surface area (Å²) in [5, 5.41) is 19.1. The summed E-state index contributed by atoms with van der Waals surface area (Å²) < 4.78 is 62.6. The van der Waals surface area contributed by atoms with Gasteiger partial charge >= 0.3 is 0 Å². The predicted octanol–water partition coefficient (Wildman–Crippen LogP) is 0.517. The molecule has 3 heterocycles. The predicted molar refractivity (Wildman–Crippen MR) is 147 cm³/mol. The third kappa shape index (κ3) is 6.07. The summed E-state index contributed by atoms with van der Waals surface area (Å²) in [7, 11) is -7.83. The Hall–Kier alpha value is -2.85. The van der Waals surface area contributed by atoms with E-state index >= 15 is 0 Å². The van der Waals surface area contributed by atoms with Crippen molar-refractivity contribution in [1.29, 1.82) is 0 Å². The second-order valence-corrected chi connectivity index (χ2v) is 13.7. The molecule has 5 N–H and O–H groups in total. The van der Waals surface area contributed by atoms with Gasteiger partial charge in [0, 0.05) is 48.8 Å². The average molecular weight is 593 g/mol. The zero-order valence-corrected chi connectivity index (χ0v) is 23.3. The Morgan fingerprint density at radius 1 is 1.15 bits per heavy atom. The molecule has 0 radical (unpaired) electrons. The van der Waals surface area contributed by atoms with Crippen molar-refractivity contribution in [2.24, 2.45) is 5.14 Å². The van der Waals surface area contributed by atoms with Crippen LogP contribution < -0.4 is 20.6 Å². The number of aromatic nitrogens is 1. The summed E-state index contributed by atoms with van der Waals surface area (Å²) in [5.74, 6) is 0.279. The van der Waals surface area contributed by atoms with Crippen LogP contribution in [0.3, 0.4) is 0 Å². The molecular weight excluding hydrogens is 560 g/mol. The molecule has 2 atom stereocenters. The number of rotatable bonds is 9. The Labute approximate surface area is 232 Å². The van der Waals surface area contributed by atoms with Gasteiger partial charge in [-0.25, -0.2) is 22.0 Å². The lowest BCUT2D eigenvalue weighted by Crippen LogP contribution is -2.47. The molecule has 5 rings (SSSR count). The third-order valence-corrected chi connectivity index (χ3v) is 10.2. The molecule has 14 heteroatoms. The van der Waals surface area contributed by atoms with Gasteiger partial charge in [-0.1, -0.05) is 18.2 Å². The quantitative estimate of drug-likeness (QED) is 0.275. The highest BCUT2D eigenvalue weighted by Gasteiger charge is 2.45. The van der Waals surface area contributed by atoms with Crippen molar-refractivity contribution < 1.29 is 31.4 Å². The Bertz CT molecular complexity index is 1650. The van der Waals surface area contributed by atoms with E-state index in [1.165, 1.54) is 28.7 Å². The number of aromatic amines is 1. The van der Waals surface area contributed by atoms with Crippen LogP contribution in [-0.4, -0.2) is 81.8 Å².